The van der Waals surface area contributed by atoms with Crippen LogP contribution in [0.2, 0.25) is 0 Å². The smallest absolute Gasteiger partial charge is 0.416 e. The van der Waals surface area contributed by atoms with Crippen LogP contribution in [0, 0.1) is 0 Å². The highest BCUT2D eigenvalue weighted by molar-refractivity contribution is 6.04. The quantitative estimate of drug-likeness (QED) is 0.307. The molecule has 5 rings (SSSR count). The van der Waals surface area contributed by atoms with E-state index in [0.717, 1.165) is 18.3 Å². The summed E-state index contributed by atoms with van der Waals surface area (Å²) in [5.41, 5.74) is 7.21. The largest absolute Gasteiger partial charge is 0.465 e. The Morgan fingerprint density at radius 2 is 1.93 bits per heavy atom. The molecule has 0 aliphatic carbocycles. The molecule has 14 heteroatoms. The summed E-state index contributed by atoms with van der Waals surface area (Å²) in [7, 11) is 1.54. The molecule has 41 heavy (non-hydrogen) atoms. The number of ether oxygens (including phenoxy) is 1. The zero-order valence-electron chi connectivity index (χ0n) is 21.8. The molecule has 0 bridgehead atoms. The summed E-state index contributed by atoms with van der Waals surface area (Å²) in [6.07, 6.45) is 0.0699. The number of aromatic nitrogens is 4. The number of hydrogen-bond donors (Lipinski definition) is 3. The first-order chi connectivity index (χ1) is 19.5. The van der Waals surface area contributed by atoms with Gasteiger partial charge in [0.05, 0.1) is 30.1 Å². The third kappa shape index (κ3) is 5.77. The van der Waals surface area contributed by atoms with Crippen LogP contribution in [0.1, 0.15) is 40.5 Å². The Hall–Kier alpha value is -4.72. The van der Waals surface area contributed by atoms with Crippen molar-refractivity contribution in [1.82, 2.24) is 24.3 Å². The lowest BCUT2D eigenvalue weighted by molar-refractivity contribution is -0.137. The molecule has 1 aliphatic rings. The molecule has 4 aromatic rings. The van der Waals surface area contributed by atoms with Crippen LogP contribution >= 0.6 is 0 Å². The Balaban J connectivity index is 1.37. The molecular formula is C27H26F3N7O4. The number of alkyl halides is 3. The van der Waals surface area contributed by atoms with Crippen molar-refractivity contribution >= 4 is 29.2 Å². The number of carbonyl (C=O) groups excluding carboxylic acids is 1. The van der Waals surface area contributed by atoms with Gasteiger partial charge in [0, 0.05) is 43.1 Å². The summed E-state index contributed by atoms with van der Waals surface area (Å²) in [5, 5.41) is 12.1. The van der Waals surface area contributed by atoms with Crippen molar-refractivity contribution in [2.45, 2.75) is 31.0 Å². The molecule has 3 aromatic heterocycles. The maximum atomic E-state index is 13.0. The van der Waals surface area contributed by atoms with Crippen LogP contribution in [-0.4, -0.2) is 67.7 Å². The number of methoxy groups -OCH3 is 1. The number of halogens is 3. The summed E-state index contributed by atoms with van der Waals surface area (Å²) in [4.78, 5) is 38.7. The molecule has 2 atom stereocenters. The number of carbonyl (C=O) groups is 2. The number of nitrogen functional groups attached to an aromatic ring is 1. The van der Waals surface area contributed by atoms with Crippen LogP contribution in [-0.2, 0) is 10.9 Å². The predicted octanol–water partition coefficient (Wildman–Crippen LogP) is 4.52. The lowest BCUT2D eigenvalue weighted by Crippen LogP contribution is -2.48. The van der Waals surface area contributed by atoms with E-state index in [1.807, 2.05) is 0 Å². The number of imidazole rings is 1. The van der Waals surface area contributed by atoms with Crippen LogP contribution < -0.4 is 11.1 Å². The van der Waals surface area contributed by atoms with Gasteiger partial charge in [0.1, 0.15) is 23.0 Å². The van der Waals surface area contributed by atoms with Crippen molar-refractivity contribution in [3.05, 3.63) is 71.9 Å². The number of fused-ring (bicyclic) bond motifs is 1. The van der Waals surface area contributed by atoms with E-state index in [2.05, 4.69) is 20.3 Å². The first-order valence-electron chi connectivity index (χ1n) is 12.6. The van der Waals surface area contributed by atoms with Gasteiger partial charge in [0.15, 0.2) is 0 Å². The number of pyridine rings is 1. The normalized spacial score (nSPS) is 17.5. The second-order valence-electron chi connectivity index (χ2n) is 9.66. The van der Waals surface area contributed by atoms with Crippen molar-refractivity contribution < 1.29 is 32.6 Å². The van der Waals surface area contributed by atoms with Gasteiger partial charge in [0.2, 0.25) is 0 Å². The number of hydrogen-bond acceptors (Lipinski definition) is 7. The minimum Gasteiger partial charge on any atom is -0.465 e. The Bertz CT molecular complexity index is 1590. The Kier molecular flexibility index (Phi) is 7.49. The van der Waals surface area contributed by atoms with Crippen LogP contribution in [0.25, 0.3) is 16.8 Å². The van der Waals surface area contributed by atoms with Gasteiger partial charge < -0.3 is 25.8 Å². The van der Waals surface area contributed by atoms with Gasteiger partial charge in [-0.05, 0) is 37.1 Å². The first kappa shape index (κ1) is 27.8. The maximum absolute atomic E-state index is 13.0. The van der Waals surface area contributed by atoms with E-state index in [1.165, 1.54) is 24.1 Å². The fraction of sp³-hybridized carbons (Fsp3) is 0.296. The minimum absolute atomic E-state index is 0.174. The molecule has 0 spiro atoms. The number of nitrogens with zero attached hydrogens (tertiary/aromatic N) is 5. The molecule has 4 heterocycles. The monoisotopic (exact) mass is 569 g/mol. The zero-order valence-corrected chi connectivity index (χ0v) is 21.8. The third-order valence-electron chi connectivity index (χ3n) is 7.03. The Morgan fingerprint density at radius 3 is 2.61 bits per heavy atom. The SMILES string of the molecule is COCC1CCC(c2ncc3c(N)nc(-c4ccc(C(=O)Nc5cc(C(F)(F)F)ccn5)cc4)cn23)CN1C(=O)O. The average molecular weight is 570 g/mol. The van der Waals surface area contributed by atoms with Crippen molar-refractivity contribution in [2.24, 2.45) is 0 Å². The lowest BCUT2D eigenvalue weighted by atomic mass is 9.92. The van der Waals surface area contributed by atoms with Gasteiger partial charge in [-0.3, -0.25) is 9.20 Å². The predicted molar refractivity (Wildman–Crippen MR) is 142 cm³/mol. The Morgan fingerprint density at radius 1 is 1.17 bits per heavy atom. The highest BCUT2D eigenvalue weighted by Gasteiger charge is 2.34. The summed E-state index contributed by atoms with van der Waals surface area (Å²) in [6, 6.07) is 7.65. The minimum atomic E-state index is -4.56. The fourth-order valence-electron chi connectivity index (χ4n) is 4.97. The molecule has 2 unspecified atom stereocenters. The van der Waals surface area contributed by atoms with Crippen LogP contribution in [0.4, 0.5) is 29.6 Å². The van der Waals surface area contributed by atoms with Crippen LogP contribution in [0.15, 0.2) is 55.0 Å². The zero-order chi connectivity index (χ0) is 29.3. The number of anilines is 2. The fourth-order valence-corrected chi connectivity index (χ4v) is 4.97. The molecule has 0 radical (unpaired) electrons. The molecule has 1 saturated heterocycles. The highest BCUT2D eigenvalue weighted by Crippen LogP contribution is 2.33. The number of nitrogens with one attached hydrogen (secondary N) is 1. The Labute approximate surface area is 231 Å². The summed E-state index contributed by atoms with van der Waals surface area (Å²) >= 11 is 0. The third-order valence-corrected chi connectivity index (χ3v) is 7.03. The number of benzene rings is 1. The van der Waals surface area contributed by atoms with Gasteiger partial charge >= 0.3 is 12.3 Å². The number of piperidine rings is 1. The van der Waals surface area contributed by atoms with Gasteiger partial charge in [0.25, 0.3) is 5.91 Å². The lowest BCUT2D eigenvalue weighted by Gasteiger charge is -2.37. The van der Waals surface area contributed by atoms with Gasteiger partial charge in [-0.25, -0.2) is 19.7 Å². The van der Waals surface area contributed by atoms with Gasteiger partial charge in [-0.15, -0.1) is 0 Å². The number of amides is 2. The number of nitrogens with two attached hydrogens (primary N) is 1. The molecule has 1 aromatic carbocycles. The van der Waals surface area contributed by atoms with E-state index in [0.29, 0.717) is 42.0 Å². The topological polar surface area (TPSA) is 148 Å². The number of carboxylic acid groups (broad SMARTS) is 1. The standard InChI is InChI=1S/C27H26F3N7O4/c1-41-14-19-7-6-17(12-36(19)26(39)40)24-33-11-21-23(31)34-20(13-37(21)24)15-2-4-16(5-3-15)25(38)35-22-10-18(8-9-32-22)27(28,29)30/h2-5,8-11,13,17,19H,6-7,12,14H2,1H3,(H2,31,34)(H,39,40)(H,32,35,38). The second-order valence-corrected chi connectivity index (χ2v) is 9.66. The molecule has 4 N–H and O–H groups in total. The average Bonchev–Trinajstić information content (AvgIpc) is 3.38. The summed E-state index contributed by atoms with van der Waals surface area (Å²) in [5.74, 6) is -0.148. The number of likely N-dealkylation sites (tertiary alicyclic amines) is 1. The molecule has 1 fully saturated rings. The van der Waals surface area contributed by atoms with E-state index in [1.54, 1.807) is 28.9 Å². The molecule has 0 saturated carbocycles. The van der Waals surface area contributed by atoms with E-state index < -0.39 is 23.7 Å². The van der Waals surface area contributed by atoms with Gasteiger partial charge in [-0.2, -0.15) is 13.2 Å². The number of rotatable bonds is 6. The van der Waals surface area contributed by atoms with Crippen LogP contribution in [0.3, 0.4) is 0 Å². The first-order valence-corrected chi connectivity index (χ1v) is 12.6. The summed E-state index contributed by atoms with van der Waals surface area (Å²) in [6.45, 7) is 0.567. The molecular weight excluding hydrogens is 543 g/mol. The molecule has 11 nitrogen and oxygen atoms in total. The van der Waals surface area contributed by atoms with E-state index in [-0.39, 0.29) is 35.7 Å². The van der Waals surface area contributed by atoms with Crippen molar-refractivity contribution in [3.8, 4) is 11.3 Å². The second kappa shape index (κ2) is 11.0. The van der Waals surface area contributed by atoms with Crippen LogP contribution in [0.5, 0.6) is 0 Å². The molecule has 1 aliphatic heterocycles. The van der Waals surface area contributed by atoms with Gasteiger partial charge in [-0.1, -0.05) is 12.1 Å². The van der Waals surface area contributed by atoms with Crippen molar-refractivity contribution in [2.75, 3.05) is 31.3 Å². The van der Waals surface area contributed by atoms with E-state index in [9.17, 15) is 27.9 Å². The molecule has 2 amide bonds. The van der Waals surface area contributed by atoms with Crippen molar-refractivity contribution in [3.63, 3.8) is 0 Å². The molecule has 214 valence electrons. The van der Waals surface area contributed by atoms with E-state index >= 15 is 0 Å². The van der Waals surface area contributed by atoms with E-state index in [4.69, 9.17) is 10.5 Å². The van der Waals surface area contributed by atoms with Crippen molar-refractivity contribution in [1.29, 1.82) is 0 Å². The maximum Gasteiger partial charge on any atom is 0.416 e. The highest BCUT2D eigenvalue weighted by atomic mass is 19.4. The summed E-state index contributed by atoms with van der Waals surface area (Å²) < 4.78 is 45.9.